The molecule has 198 valence electrons. The smallest absolute Gasteiger partial charge is 0.287 e. The predicted molar refractivity (Wildman–Crippen MR) is 137 cm³/mol. The third kappa shape index (κ3) is 4.88. The van der Waals surface area contributed by atoms with E-state index in [0.717, 1.165) is 6.07 Å². The number of amides is 2. The average molecular weight is 564 g/mol. The van der Waals surface area contributed by atoms with E-state index in [0.29, 0.717) is 23.2 Å². The Labute approximate surface area is 224 Å². The van der Waals surface area contributed by atoms with Gasteiger partial charge in [-0.05, 0) is 48.3 Å². The number of carbonyl (C=O) groups excluding carboxylic acids is 3. The molecule has 0 saturated heterocycles. The highest BCUT2D eigenvalue weighted by Crippen LogP contribution is 2.40. The summed E-state index contributed by atoms with van der Waals surface area (Å²) in [6.07, 6.45) is 0. The highest BCUT2D eigenvalue weighted by atomic mass is 35.5. The largest absolute Gasteiger partial charge is 0.352 e. The summed E-state index contributed by atoms with van der Waals surface area (Å²) in [5.74, 6) is -4.52. The highest BCUT2D eigenvalue weighted by Gasteiger charge is 2.37. The standard InChI is InChI=1S/C25H21ClF3N5O3S/c1-11(35)10-34-20(25(2,3)15-8-12(27)5-6-16(15)26)21(31-22(34)24(37)30-4)32-23(36)18-14-7-13(28)9-17(29)19(14)38-33-18/h5-9H,10H2,1-4H3,(H,30,37)(H,32,36). The van der Waals surface area contributed by atoms with E-state index in [4.69, 9.17) is 11.6 Å². The highest BCUT2D eigenvalue weighted by molar-refractivity contribution is 7.13. The Morgan fingerprint density at radius 1 is 1.08 bits per heavy atom. The number of benzene rings is 2. The Bertz CT molecular complexity index is 1620. The van der Waals surface area contributed by atoms with Gasteiger partial charge in [0, 0.05) is 28.9 Å². The molecular weight excluding hydrogens is 543 g/mol. The minimum absolute atomic E-state index is 0.0168. The van der Waals surface area contributed by atoms with Crippen LogP contribution in [0.5, 0.6) is 0 Å². The number of fused-ring (bicyclic) bond motifs is 1. The maximum Gasteiger partial charge on any atom is 0.287 e. The first kappa shape index (κ1) is 27.3. The topological polar surface area (TPSA) is 106 Å². The van der Waals surface area contributed by atoms with E-state index in [1.54, 1.807) is 13.8 Å². The second-order valence-electron chi connectivity index (χ2n) is 9.00. The van der Waals surface area contributed by atoms with Crippen LogP contribution in [0.15, 0.2) is 30.3 Å². The third-order valence-corrected chi connectivity index (χ3v) is 7.11. The van der Waals surface area contributed by atoms with E-state index in [1.807, 2.05) is 0 Å². The number of nitrogens with one attached hydrogen (secondary N) is 2. The molecule has 0 fully saturated rings. The van der Waals surface area contributed by atoms with Crippen LogP contribution in [0, 0.1) is 17.5 Å². The van der Waals surface area contributed by atoms with Crippen LogP contribution in [0.25, 0.3) is 10.1 Å². The molecule has 2 N–H and O–H groups in total. The van der Waals surface area contributed by atoms with Gasteiger partial charge in [0.2, 0.25) is 5.82 Å². The monoisotopic (exact) mass is 563 g/mol. The van der Waals surface area contributed by atoms with Crippen molar-refractivity contribution in [2.45, 2.75) is 32.7 Å². The molecule has 0 aliphatic carbocycles. The molecule has 13 heteroatoms. The fraction of sp³-hybridized carbons (Fsp3) is 0.240. The van der Waals surface area contributed by atoms with E-state index < -0.39 is 34.7 Å². The van der Waals surface area contributed by atoms with Crippen LogP contribution in [0.4, 0.5) is 19.0 Å². The maximum absolute atomic E-state index is 14.3. The number of halogens is 4. The quantitative estimate of drug-likeness (QED) is 0.326. The summed E-state index contributed by atoms with van der Waals surface area (Å²) in [5.41, 5.74) is -1.01. The van der Waals surface area contributed by atoms with Gasteiger partial charge >= 0.3 is 0 Å². The van der Waals surface area contributed by atoms with Gasteiger partial charge in [-0.3, -0.25) is 14.4 Å². The number of aromatic nitrogens is 3. The molecule has 4 rings (SSSR count). The number of rotatable bonds is 7. The van der Waals surface area contributed by atoms with E-state index in [-0.39, 0.29) is 50.5 Å². The van der Waals surface area contributed by atoms with Gasteiger partial charge < -0.3 is 15.2 Å². The number of carbonyl (C=O) groups is 3. The number of imidazole rings is 1. The number of anilines is 1. The van der Waals surface area contributed by atoms with E-state index in [2.05, 4.69) is 20.0 Å². The summed E-state index contributed by atoms with van der Waals surface area (Å²) in [5, 5.41) is 5.15. The van der Waals surface area contributed by atoms with Crippen LogP contribution >= 0.6 is 23.1 Å². The van der Waals surface area contributed by atoms with Crippen LogP contribution < -0.4 is 10.6 Å². The van der Waals surface area contributed by atoms with E-state index in [9.17, 15) is 27.6 Å². The molecule has 0 saturated carbocycles. The minimum Gasteiger partial charge on any atom is -0.352 e. The summed E-state index contributed by atoms with van der Waals surface area (Å²) in [6, 6.07) is 5.42. The van der Waals surface area contributed by atoms with Crippen molar-refractivity contribution < 1.29 is 27.6 Å². The molecule has 0 unspecified atom stereocenters. The lowest BCUT2D eigenvalue weighted by atomic mass is 9.80. The first-order valence-corrected chi connectivity index (χ1v) is 12.3. The molecule has 0 atom stereocenters. The van der Waals surface area contributed by atoms with Crippen LogP contribution in [-0.2, 0) is 16.8 Å². The predicted octanol–water partition coefficient (Wildman–Crippen LogP) is 5.09. The number of nitrogens with zero attached hydrogens (tertiary/aromatic N) is 3. The Balaban J connectivity index is 1.93. The average Bonchev–Trinajstić information content (AvgIpc) is 3.41. The first-order valence-electron chi connectivity index (χ1n) is 11.2. The van der Waals surface area contributed by atoms with Crippen molar-refractivity contribution in [3.63, 3.8) is 0 Å². The third-order valence-electron chi connectivity index (χ3n) is 5.91. The van der Waals surface area contributed by atoms with Gasteiger partial charge in [-0.1, -0.05) is 25.4 Å². The molecule has 2 amide bonds. The van der Waals surface area contributed by atoms with Gasteiger partial charge in [-0.25, -0.2) is 18.2 Å². The number of hydrogen-bond acceptors (Lipinski definition) is 6. The second kappa shape index (κ2) is 10.2. The lowest BCUT2D eigenvalue weighted by Crippen LogP contribution is -2.30. The van der Waals surface area contributed by atoms with Gasteiger partial charge in [-0.2, -0.15) is 4.37 Å². The van der Waals surface area contributed by atoms with Gasteiger partial charge in [0.15, 0.2) is 5.82 Å². The van der Waals surface area contributed by atoms with Crippen molar-refractivity contribution in [3.05, 3.63) is 75.6 Å². The molecule has 0 aliphatic heterocycles. The summed E-state index contributed by atoms with van der Waals surface area (Å²) < 4.78 is 47.6. The summed E-state index contributed by atoms with van der Waals surface area (Å²) in [4.78, 5) is 42.6. The van der Waals surface area contributed by atoms with Crippen molar-refractivity contribution >= 4 is 56.6 Å². The van der Waals surface area contributed by atoms with Crippen molar-refractivity contribution in [3.8, 4) is 0 Å². The van der Waals surface area contributed by atoms with Gasteiger partial charge in [-0.15, -0.1) is 0 Å². The molecule has 38 heavy (non-hydrogen) atoms. The Kier molecular flexibility index (Phi) is 7.31. The van der Waals surface area contributed by atoms with Gasteiger partial charge in [0.25, 0.3) is 11.8 Å². The number of Topliss-reactive ketones (excluding diaryl/α,β-unsaturated/α-hetero) is 1. The molecule has 2 aromatic heterocycles. The second-order valence-corrected chi connectivity index (χ2v) is 10.2. The fourth-order valence-corrected chi connectivity index (χ4v) is 5.36. The van der Waals surface area contributed by atoms with Crippen molar-refractivity contribution in [1.29, 1.82) is 0 Å². The molecule has 8 nitrogen and oxygen atoms in total. The molecule has 2 aromatic carbocycles. The van der Waals surface area contributed by atoms with Crippen LogP contribution in [0.1, 0.15) is 53.1 Å². The lowest BCUT2D eigenvalue weighted by Gasteiger charge is -2.29. The van der Waals surface area contributed by atoms with Crippen molar-refractivity contribution in [1.82, 2.24) is 19.2 Å². The van der Waals surface area contributed by atoms with Gasteiger partial charge in [0.1, 0.15) is 28.9 Å². The Morgan fingerprint density at radius 3 is 2.45 bits per heavy atom. The zero-order valence-corrected chi connectivity index (χ0v) is 22.2. The van der Waals surface area contributed by atoms with E-state index in [1.165, 1.54) is 36.7 Å². The summed E-state index contributed by atoms with van der Waals surface area (Å²) in [6.45, 7) is 4.33. The molecular formula is C25H21ClF3N5O3S. The molecule has 0 radical (unpaired) electrons. The Hall–Kier alpha value is -3.77. The molecule has 4 aromatic rings. The number of ketones is 1. The van der Waals surface area contributed by atoms with Crippen LogP contribution in [0.3, 0.4) is 0 Å². The maximum atomic E-state index is 14.3. The van der Waals surface area contributed by atoms with Crippen molar-refractivity contribution in [2.75, 3.05) is 12.4 Å². The van der Waals surface area contributed by atoms with Crippen molar-refractivity contribution in [2.24, 2.45) is 0 Å². The lowest BCUT2D eigenvalue weighted by molar-refractivity contribution is -0.117. The fourth-order valence-electron chi connectivity index (χ4n) is 4.24. The Morgan fingerprint density at radius 2 is 1.79 bits per heavy atom. The summed E-state index contributed by atoms with van der Waals surface area (Å²) in [7, 11) is 1.37. The van der Waals surface area contributed by atoms with Crippen LogP contribution in [0.2, 0.25) is 5.02 Å². The zero-order valence-electron chi connectivity index (χ0n) is 20.6. The molecule has 2 heterocycles. The zero-order chi connectivity index (χ0) is 27.9. The minimum atomic E-state index is -1.21. The molecule has 0 aliphatic rings. The summed E-state index contributed by atoms with van der Waals surface area (Å²) >= 11 is 7.09. The van der Waals surface area contributed by atoms with Crippen LogP contribution in [-0.4, -0.2) is 38.6 Å². The SMILES string of the molecule is CNC(=O)c1nc(NC(=O)c2nsc3c(F)cc(F)cc23)c(C(C)(C)c2cc(F)ccc2Cl)n1CC(C)=O. The van der Waals surface area contributed by atoms with Gasteiger partial charge in [0.05, 0.1) is 16.9 Å². The normalized spacial score (nSPS) is 11.6. The molecule has 0 spiro atoms. The number of hydrogen-bond donors (Lipinski definition) is 2. The molecule has 0 bridgehead atoms. The first-order chi connectivity index (χ1) is 17.8. The van der Waals surface area contributed by atoms with E-state index >= 15 is 0 Å².